The third-order valence-electron chi connectivity index (χ3n) is 5.41. The van der Waals surface area contributed by atoms with Crippen LogP contribution in [-0.2, 0) is 16.0 Å². The Morgan fingerprint density at radius 2 is 1.77 bits per heavy atom. The van der Waals surface area contributed by atoms with E-state index in [1.165, 1.54) is 6.26 Å². The number of nitrogens with one attached hydrogen (secondary N) is 1. The van der Waals surface area contributed by atoms with Crippen LogP contribution in [0.4, 0.5) is 0 Å². The molecule has 1 aromatic carbocycles. The number of carbonyl (C=O) groups is 3. The average molecular weight is 428 g/mol. The molecule has 1 atom stereocenters. The normalized spacial score (nSPS) is 15.2. The van der Waals surface area contributed by atoms with E-state index in [4.69, 9.17) is 9.15 Å². The first-order valence-corrected chi connectivity index (χ1v) is 10.5. The van der Waals surface area contributed by atoms with Crippen LogP contribution in [0.1, 0.15) is 35.9 Å². The SMILES string of the molecule is COc1ccc(CCC(=O)N2CCCN(C(=O)[C@H](C)NC(=O)c3ccco3)CC2)cc1. The largest absolute Gasteiger partial charge is 0.497 e. The lowest BCUT2D eigenvalue weighted by Gasteiger charge is -2.25. The van der Waals surface area contributed by atoms with E-state index >= 15 is 0 Å². The van der Waals surface area contributed by atoms with Crippen LogP contribution >= 0.6 is 0 Å². The molecular weight excluding hydrogens is 398 g/mol. The van der Waals surface area contributed by atoms with Gasteiger partial charge in [0.15, 0.2) is 5.76 Å². The third-order valence-corrected chi connectivity index (χ3v) is 5.41. The number of benzene rings is 1. The summed E-state index contributed by atoms with van der Waals surface area (Å²) in [7, 11) is 1.62. The molecule has 0 bridgehead atoms. The molecule has 0 radical (unpaired) electrons. The van der Waals surface area contributed by atoms with Crippen molar-refractivity contribution < 1.29 is 23.5 Å². The number of methoxy groups -OCH3 is 1. The second-order valence-electron chi connectivity index (χ2n) is 7.58. The molecule has 3 amide bonds. The van der Waals surface area contributed by atoms with Crippen LogP contribution in [0.5, 0.6) is 5.75 Å². The van der Waals surface area contributed by atoms with Crippen molar-refractivity contribution >= 4 is 17.7 Å². The molecule has 1 aromatic heterocycles. The standard InChI is InChI=1S/C23H29N3O5/c1-17(24-22(28)20-5-3-16-31-20)23(29)26-13-4-12-25(14-15-26)21(27)11-8-18-6-9-19(30-2)10-7-18/h3,5-7,9-10,16-17H,4,8,11-15H2,1-2H3,(H,24,28)/t17-/m0/s1. The van der Waals surface area contributed by atoms with Crippen LogP contribution in [0.3, 0.4) is 0 Å². The van der Waals surface area contributed by atoms with Gasteiger partial charge in [0.1, 0.15) is 11.8 Å². The Morgan fingerprint density at radius 1 is 1.06 bits per heavy atom. The highest BCUT2D eigenvalue weighted by Crippen LogP contribution is 2.14. The minimum Gasteiger partial charge on any atom is -0.497 e. The van der Waals surface area contributed by atoms with Gasteiger partial charge < -0.3 is 24.3 Å². The zero-order valence-corrected chi connectivity index (χ0v) is 18.0. The lowest BCUT2D eigenvalue weighted by molar-refractivity contribution is -0.134. The van der Waals surface area contributed by atoms with E-state index in [2.05, 4.69) is 5.32 Å². The second kappa shape index (κ2) is 10.7. The summed E-state index contributed by atoms with van der Waals surface area (Å²) in [5.74, 6) is 0.471. The molecule has 166 valence electrons. The third kappa shape index (κ3) is 6.10. The maximum absolute atomic E-state index is 12.8. The van der Waals surface area contributed by atoms with Crippen LogP contribution in [0.2, 0.25) is 0 Å². The fourth-order valence-electron chi connectivity index (χ4n) is 3.60. The number of furan rings is 1. The summed E-state index contributed by atoms with van der Waals surface area (Å²) in [4.78, 5) is 41.1. The van der Waals surface area contributed by atoms with Gasteiger partial charge in [-0.05, 0) is 49.6 Å². The molecule has 0 saturated carbocycles. The van der Waals surface area contributed by atoms with Gasteiger partial charge >= 0.3 is 0 Å². The Kier molecular flexibility index (Phi) is 7.70. The van der Waals surface area contributed by atoms with E-state index in [0.717, 1.165) is 11.3 Å². The lowest BCUT2D eigenvalue weighted by atomic mass is 10.1. The molecule has 31 heavy (non-hydrogen) atoms. The van der Waals surface area contributed by atoms with Crippen molar-refractivity contribution in [2.24, 2.45) is 0 Å². The predicted molar refractivity (Wildman–Crippen MR) is 115 cm³/mol. The summed E-state index contributed by atoms with van der Waals surface area (Å²) in [6.45, 7) is 3.78. The maximum atomic E-state index is 12.8. The van der Waals surface area contributed by atoms with Crippen molar-refractivity contribution in [1.82, 2.24) is 15.1 Å². The molecule has 0 aliphatic carbocycles. The van der Waals surface area contributed by atoms with Gasteiger partial charge in [-0.15, -0.1) is 0 Å². The summed E-state index contributed by atoms with van der Waals surface area (Å²) in [5.41, 5.74) is 1.09. The first-order valence-electron chi connectivity index (χ1n) is 10.5. The van der Waals surface area contributed by atoms with E-state index in [-0.39, 0.29) is 17.6 Å². The molecule has 0 unspecified atom stereocenters. The number of nitrogens with zero attached hydrogens (tertiary/aromatic N) is 2. The zero-order valence-electron chi connectivity index (χ0n) is 18.0. The number of rotatable bonds is 7. The highest BCUT2D eigenvalue weighted by atomic mass is 16.5. The van der Waals surface area contributed by atoms with Crippen LogP contribution in [0.15, 0.2) is 47.1 Å². The number of amides is 3. The molecule has 1 aliphatic rings. The van der Waals surface area contributed by atoms with Gasteiger partial charge in [0.25, 0.3) is 5.91 Å². The molecule has 1 saturated heterocycles. The van der Waals surface area contributed by atoms with Crippen molar-refractivity contribution in [3.05, 3.63) is 54.0 Å². The Morgan fingerprint density at radius 3 is 2.45 bits per heavy atom. The first kappa shape index (κ1) is 22.4. The highest BCUT2D eigenvalue weighted by Gasteiger charge is 2.26. The highest BCUT2D eigenvalue weighted by molar-refractivity contribution is 5.95. The first-order chi connectivity index (χ1) is 15.0. The molecular formula is C23H29N3O5. The van der Waals surface area contributed by atoms with Crippen LogP contribution < -0.4 is 10.1 Å². The minimum absolute atomic E-state index is 0.0873. The number of hydrogen-bond donors (Lipinski definition) is 1. The smallest absolute Gasteiger partial charge is 0.287 e. The number of carbonyl (C=O) groups excluding carboxylic acids is 3. The van der Waals surface area contributed by atoms with Crippen molar-refractivity contribution in [2.45, 2.75) is 32.2 Å². The summed E-state index contributed by atoms with van der Waals surface area (Å²) in [6, 6.07) is 10.2. The Hall–Kier alpha value is -3.29. The molecule has 1 N–H and O–H groups in total. The number of ether oxygens (including phenoxy) is 1. The Bertz CT molecular complexity index is 879. The minimum atomic E-state index is -0.671. The molecule has 1 fully saturated rings. The lowest BCUT2D eigenvalue weighted by Crippen LogP contribution is -2.48. The summed E-state index contributed by atoms with van der Waals surface area (Å²) < 4.78 is 10.2. The van der Waals surface area contributed by atoms with Gasteiger partial charge in [-0.25, -0.2) is 0 Å². The fraction of sp³-hybridized carbons (Fsp3) is 0.435. The molecule has 2 aromatic rings. The second-order valence-corrected chi connectivity index (χ2v) is 7.58. The molecule has 2 heterocycles. The topological polar surface area (TPSA) is 92.1 Å². The Balaban J connectivity index is 1.46. The van der Waals surface area contributed by atoms with Crippen molar-refractivity contribution in [3.8, 4) is 5.75 Å². The molecule has 3 rings (SSSR count). The molecule has 1 aliphatic heterocycles. The van der Waals surface area contributed by atoms with Crippen molar-refractivity contribution in [1.29, 1.82) is 0 Å². The maximum Gasteiger partial charge on any atom is 0.287 e. The summed E-state index contributed by atoms with van der Waals surface area (Å²) in [5, 5.41) is 2.67. The summed E-state index contributed by atoms with van der Waals surface area (Å²) >= 11 is 0. The van der Waals surface area contributed by atoms with E-state index in [0.29, 0.717) is 45.4 Å². The van der Waals surface area contributed by atoms with Gasteiger partial charge in [-0.3, -0.25) is 14.4 Å². The van der Waals surface area contributed by atoms with Gasteiger partial charge in [0.2, 0.25) is 11.8 Å². The summed E-state index contributed by atoms with van der Waals surface area (Å²) in [6.07, 6.45) is 3.21. The predicted octanol–water partition coefficient (Wildman–Crippen LogP) is 2.10. The van der Waals surface area contributed by atoms with Gasteiger partial charge in [0, 0.05) is 32.6 Å². The quantitative estimate of drug-likeness (QED) is 0.731. The van der Waals surface area contributed by atoms with Gasteiger partial charge in [0.05, 0.1) is 13.4 Å². The zero-order chi connectivity index (χ0) is 22.2. The van der Waals surface area contributed by atoms with Crippen LogP contribution in [0, 0.1) is 0 Å². The van der Waals surface area contributed by atoms with Gasteiger partial charge in [-0.1, -0.05) is 12.1 Å². The number of hydrogen-bond acceptors (Lipinski definition) is 5. The molecule has 0 spiro atoms. The molecule has 8 heteroatoms. The monoisotopic (exact) mass is 427 g/mol. The molecule has 8 nitrogen and oxygen atoms in total. The van der Waals surface area contributed by atoms with Crippen LogP contribution in [0.25, 0.3) is 0 Å². The average Bonchev–Trinajstić information content (AvgIpc) is 3.22. The van der Waals surface area contributed by atoms with E-state index in [1.54, 1.807) is 31.1 Å². The van der Waals surface area contributed by atoms with E-state index < -0.39 is 11.9 Å². The van der Waals surface area contributed by atoms with E-state index in [9.17, 15) is 14.4 Å². The number of aryl methyl sites for hydroxylation is 1. The van der Waals surface area contributed by atoms with Gasteiger partial charge in [-0.2, -0.15) is 0 Å². The van der Waals surface area contributed by atoms with Crippen molar-refractivity contribution in [3.63, 3.8) is 0 Å². The van der Waals surface area contributed by atoms with Crippen molar-refractivity contribution in [2.75, 3.05) is 33.3 Å². The van der Waals surface area contributed by atoms with Crippen LogP contribution in [-0.4, -0.2) is 66.9 Å². The Labute approximate surface area is 182 Å². The fourth-order valence-corrected chi connectivity index (χ4v) is 3.60. The van der Waals surface area contributed by atoms with E-state index in [1.807, 2.05) is 29.2 Å².